The quantitative estimate of drug-likeness (QED) is 0.858. The zero-order valence-corrected chi connectivity index (χ0v) is 14.7. The Bertz CT molecular complexity index is 753. The van der Waals surface area contributed by atoms with E-state index in [0.29, 0.717) is 23.8 Å². The third kappa shape index (κ3) is 3.25. The first-order valence-corrected chi connectivity index (χ1v) is 9.14. The van der Waals surface area contributed by atoms with Crippen molar-refractivity contribution in [2.24, 2.45) is 0 Å². The molecule has 4 heteroatoms. The first-order valence-electron chi connectivity index (χ1n) is 9.14. The van der Waals surface area contributed by atoms with Crippen molar-refractivity contribution in [2.75, 3.05) is 11.9 Å². The second kappa shape index (κ2) is 6.85. The Balaban J connectivity index is 1.46. The molecule has 2 aromatic rings. The number of rotatable bonds is 4. The molecule has 2 fully saturated rings. The first kappa shape index (κ1) is 16.1. The van der Waals surface area contributed by atoms with Crippen molar-refractivity contribution in [2.45, 2.75) is 50.4 Å². The molecule has 0 saturated carbocycles. The molecule has 2 aliphatic rings. The molecular formula is C21H24N4. The van der Waals surface area contributed by atoms with Gasteiger partial charge in [-0.2, -0.15) is 5.26 Å². The van der Waals surface area contributed by atoms with E-state index in [0.717, 1.165) is 12.4 Å². The van der Waals surface area contributed by atoms with Crippen LogP contribution in [0.4, 0.5) is 5.82 Å². The maximum atomic E-state index is 9.09. The topological polar surface area (TPSA) is 43.2 Å². The minimum Gasteiger partial charge on any atom is -0.357 e. The number of aromatic nitrogens is 1. The molecule has 2 unspecified atom stereocenters. The second-order valence-electron chi connectivity index (χ2n) is 7.27. The van der Waals surface area contributed by atoms with Gasteiger partial charge in [-0.05, 0) is 43.4 Å². The van der Waals surface area contributed by atoms with E-state index >= 15 is 0 Å². The Labute approximate surface area is 149 Å². The van der Waals surface area contributed by atoms with E-state index in [9.17, 15) is 0 Å². The fraction of sp³-hybridized carbons (Fsp3) is 0.429. The Morgan fingerprint density at radius 2 is 1.80 bits per heavy atom. The summed E-state index contributed by atoms with van der Waals surface area (Å²) in [6.45, 7) is 1.06. The molecule has 25 heavy (non-hydrogen) atoms. The highest BCUT2D eigenvalue weighted by atomic mass is 15.3. The third-order valence-electron chi connectivity index (χ3n) is 5.83. The predicted octanol–water partition coefficient (Wildman–Crippen LogP) is 3.59. The lowest BCUT2D eigenvalue weighted by molar-refractivity contribution is 0.118. The van der Waals surface area contributed by atoms with Crippen molar-refractivity contribution in [3.05, 3.63) is 59.8 Å². The number of fused-ring (bicyclic) bond motifs is 2. The number of nitriles is 1. The van der Waals surface area contributed by atoms with E-state index in [1.165, 1.54) is 31.2 Å². The van der Waals surface area contributed by atoms with Gasteiger partial charge in [-0.1, -0.05) is 36.4 Å². The molecule has 2 aliphatic heterocycles. The molecule has 2 atom stereocenters. The summed E-state index contributed by atoms with van der Waals surface area (Å²) in [6, 6.07) is 20.5. The largest absolute Gasteiger partial charge is 0.357 e. The summed E-state index contributed by atoms with van der Waals surface area (Å²) in [7, 11) is 2.13. The molecule has 0 spiro atoms. The van der Waals surface area contributed by atoms with Crippen LogP contribution in [0.3, 0.4) is 0 Å². The van der Waals surface area contributed by atoms with Crippen LogP contribution >= 0.6 is 0 Å². The summed E-state index contributed by atoms with van der Waals surface area (Å²) in [6.07, 6.45) is 4.96. The van der Waals surface area contributed by atoms with Gasteiger partial charge in [0, 0.05) is 31.7 Å². The van der Waals surface area contributed by atoms with Crippen molar-refractivity contribution in [3.8, 4) is 6.07 Å². The fourth-order valence-electron chi connectivity index (χ4n) is 4.48. The summed E-state index contributed by atoms with van der Waals surface area (Å²) in [4.78, 5) is 9.47. The van der Waals surface area contributed by atoms with Crippen LogP contribution in [0.2, 0.25) is 0 Å². The molecule has 3 heterocycles. The predicted molar refractivity (Wildman–Crippen MR) is 99.2 cm³/mol. The van der Waals surface area contributed by atoms with E-state index in [-0.39, 0.29) is 0 Å². The number of hydrogen-bond acceptors (Lipinski definition) is 4. The van der Waals surface area contributed by atoms with Crippen LogP contribution in [-0.2, 0) is 6.54 Å². The Hall–Kier alpha value is -2.38. The summed E-state index contributed by atoms with van der Waals surface area (Å²) in [5.41, 5.74) is 1.91. The summed E-state index contributed by atoms with van der Waals surface area (Å²) in [5.74, 6) is 0.917. The highest BCUT2D eigenvalue weighted by Crippen LogP contribution is 2.39. The van der Waals surface area contributed by atoms with E-state index in [1.54, 1.807) is 6.07 Å². The molecule has 2 bridgehead atoms. The number of anilines is 1. The lowest BCUT2D eigenvalue weighted by Crippen LogP contribution is -2.49. The van der Waals surface area contributed by atoms with E-state index in [1.807, 2.05) is 12.1 Å². The smallest absolute Gasteiger partial charge is 0.142 e. The van der Waals surface area contributed by atoms with Gasteiger partial charge >= 0.3 is 0 Å². The zero-order valence-electron chi connectivity index (χ0n) is 14.7. The van der Waals surface area contributed by atoms with Crippen molar-refractivity contribution >= 4 is 5.82 Å². The molecule has 2 saturated heterocycles. The van der Waals surface area contributed by atoms with Gasteiger partial charge in [0.15, 0.2) is 0 Å². The fourth-order valence-corrected chi connectivity index (χ4v) is 4.48. The molecule has 0 N–H and O–H groups in total. The van der Waals surface area contributed by atoms with Crippen LogP contribution < -0.4 is 4.90 Å². The molecule has 0 radical (unpaired) electrons. The maximum Gasteiger partial charge on any atom is 0.142 e. The minimum absolute atomic E-state index is 0.494. The lowest BCUT2D eigenvalue weighted by Gasteiger charge is -2.42. The van der Waals surface area contributed by atoms with Gasteiger partial charge in [0.2, 0.25) is 0 Å². The van der Waals surface area contributed by atoms with Crippen LogP contribution in [-0.4, -0.2) is 35.1 Å². The van der Waals surface area contributed by atoms with Gasteiger partial charge < -0.3 is 4.90 Å². The van der Waals surface area contributed by atoms with Crippen LogP contribution in [0.25, 0.3) is 0 Å². The van der Waals surface area contributed by atoms with Gasteiger partial charge in [0.1, 0.15) is 17.6 Å². The molecule has 1 aromatic heterocycles. The van der Waals surface area contributed by atoms with E-state index in [2.05, 4.69) is 58.2 Å². The molecule has 128 valence electrons. The third-order valence-corrected chi connectivity index (χ3v) is 5.83. The molecule has 4 rings (SSSR count). The van der Waals surface area contributed by atoms with Gasteiger partial charge in [0.25, 0.3) is 0 Å². The number of benzene rings is 1. The van der Waals surface area contributed by atoms with Crippen LogP contribution in [0.5, 0.6) is 0 Å². The standard InChI is InChI=1S/C21H24N4/c1-24(21-9-5-8-17(14-22)23-21)20-12-18-10-11-19(13-20)25(18)15-16-6-3-2-4-7-16/h2-9,18-20H,10-13,15H2,1H3. The number of hydrogen-bond donors (Lipinski definition) is 0. The molecule has 0 amide bonds. The second-order valence-corrected chi connectivity index (χ2v) is 7.27. The number of pyridine rings is 1. The lowest BCUT2D eigenvalue weighted by atomic mass is 9.95. The van der Waals surface area contributed by atoms with Gasteiger partial charge in [-0.25, -0.2) is 4.98 Å². The van der Waals surface area contributed by atoms with Crippen molar-refractivity contribution < 1.29 is 0 Å². The van der Waals surface area contributed by atoms with Crippen molar-refractivity contribution in [1.29, 1.82) is 5.26 Å². The zero-order chi connectivity index (χ0) is 17.2. The van der Waals surface area contributed by atoms with Gasteiger partial charge in [-0.3, -0.25) is 4.90 Å². The highest BCUT2D eigenvalue weighted by Gasteiger charge is 2.41. The van der Waals surface area contributed by atoms with Crippen LogP contribution in [0.1, 0.15) is 36.9 Å². The first-order chi connectivity index (χ1) is 12.2. The Morgan fingerprint density at radius 1 is 1.08 bits per heavy atom. The normalized spacial score (nSPS) is 25.5. The van der Waals surface area contributed by atoms with Gasteiger partial charge in [-0.15, -0.1) is 0 Å². The summed E-state index contributed by atoms with van der Waals surface area (Å²) in [5, 5.41) is 9.09. The van der Waals surface area contributed by atoms with Crippen LogP contribution in [0.15, 0.2) is 48.5 Å². The number of piperidine rings is 1. The molecule has 1 aromatic carbocycles. The van der Waals surface area contributed by atoms with Gasteiger partial charge in [0.05, 0.1) is 0 Å². The molecule has 0 aliphatic carbocycles. The number of nitrogens with zero attached hydrogens (tertiary/aromatic N) is 4. The summed E-state index contributed by atoms with van der Waals surface area (Å²) < 4.78 is 0. The highest BCUT2D eigenvalue weighted by molar-refractivity contribution is 5.42. The van der Waals surface area contributed by atoms with E-state index < -0.39 is 0 Å². The Kier molecular flexibility index (Phi) is 4.42. The van der Waals surface area contributed by atoms with Crippen molar-refractivity contribution in [1.82, 2.24) is 9.88 Å². The minimum atomic E-state index is 0.494. The molecule has 4 nitrogen and oxygen atoms in total. The Morgan fingerprint density at radius 3 is 2.48 bits per heavy atom. The van der Waals surface area contributed by atoms with Crippen molar-refractivity contribution in [3.63, 3.8) is 0 Å². The van der Waals surface area contributed by atoms with Crippen LogP contribution in [0, 0.1) is 11.3 Å². The summed E-state index contributed by atoms with van der Waals surface area (Å²) >= 11 is 0. The monoisotopic (exact) mass is 332 g/mol. The van der Waals surface area contributed by atoms with E-state index in [4.69, 9.17) is 5.26 Å². The average molecular weight is 332 g/mol. The maximum absolute atomic E-state index is 9.09. The average Bonchev–Trinajstić information content (AvgIpc) is 2.90. The SMILES string of the molecule is CN(c1cccc(C#N)n1)C1CC2CCC(C1)N2Cc1ccccc1. The molecular weight excluding hydrogens is 308 g/mol.